The molecule has 2 unspecified atom stereocenters. The first-order chi connectivity index (χ1) is 17.1. The van der Waals surface area contributed by atoms with Gasteiger partial charge in [-0.3, -0.25) is 0 Å². The van der Waals surface area contributed by atoms with E-state index in [1.807, 2.05) is 0 Å². The number of allylic oxidation sites excluding steroid dienone is 3. The molecule has 0 aliphatic heterocycles. The molecule has 0 nitrogen and oxygen atoms in total. The minimum atomic E-state index is 0.390. The fourth-order valence-electron chi connectivity index (χ4n) is 8.37. The van der Waals surface area contributed by atoms with Gasteiger partial charge in [-0.15, -0.1) is 0 Å². The first-order valence-corrected chi connectivity index (χ1v) is 14.4. The van der Waals surface area contributed by atoms with Gasteiger partial charge < -0.3 is 0 Å². The zero-order chi connectivity index (χ0) is 25.4. The van der Waals surface area contributed by atoms with E-state index in [2.05, 4.69) is 84.2 Å². The van der Waals surface area contributed by atoms with Crippen LogP contribution in [0.25, 0.3) is 17.2 Å². The zero-order valence-corrected chi connectivity index (χ0v) is 23.2. The lowest BCUT2D eigenvalue weighted by molar-refractivity contribution is 0.289. The van der Waals surface area contributed by atoms with Gasteiger partial charge in [-0.1, -0.05) is 105 Å². The van der Waals surface area contributed by atoms with Gasteiger partial charge in [0.05, 0.1) is 0 Å². The van der Waals surface area contributed by atoms with Crippen LogP contribution >= 0.6 is 0 Å². The van der Waals surface area contributed by atoms with E-state index in [0.29, 0.717) is 23.2 Å². The van der Waals surface area contributed by atoms with Crippen molar-refractivity contribution in [1.29, 1.82) is 0 Å². The Morgan fingerprint density at radius 3 is 2.28 bits per heavy atom. The molecule has 3 fully saturated rings. The third-order valence-corrected chi connectivity index (χ3v) is 10.5. The average Bonchev–Trinajstić information content (AvgIpc) is 3.08. The van der Waals surface area contributed by atoms with Crippen LogP contribution in [0.4, 0.5) is 0 Å². The van der Waals surface area contributed by atoms with Crippen LogP contribution in [0.3, 0.4) is 0 Å². The van der Waals surface area contributed by atoms with Crippen LogP contribution in [-0.2, 0) is 12.8 Å². The predicted molar refractivity (Wildman–Crippen MR) is 155 cm³/mol. The van der Waals surface area contributed by atoms with Crippen LogP contribution in [0.2, 0.25) is 0 Å². The number of aryl methyl sites for hydroxylation is 2. The molecular formula is C36H44. The summed E-state index contributed by atoms with van der Waals surface area (Å²) in [4.78, 5) is 0. The lowest BCUT2D eigenvalue weighted by atomic mass is 9.77. The molecule has 36 heavy (non-hydrogen) atoms. The molecule has 0 heteroatoms. The Morgan fingerprint density at radius 2 is 1.58 bits per heavy atom. The molecule has 0 radical (unpaired) electrons. The highest BCUT2D eigenvalue weighted by Gasteiger charge is 2.65. The van der Waals surface area contributed by atoms with Gasteiger partial charge in [0.25, 0.3) is 0 Å². The van der Waals surface area contributed by atoms with E-state index in [0.717, 1.165) is 24.7 Å². The van der Waals surface area contributed by atoms with Crippen molar-refractivity contribution in [3.63, 3.8) is 0 Å². The summed E-state index contributed by atoms with van der Waals surface area (Å²) in [6.07, 6.45) is 11.5. The molecule has 4 aliphatic rings. The fraction of sp³-hybridized carbons (Fsp3) is 0.500. The maximum atomic E-state index is 4.56. The Bertz CT molecular complexity index is 1250. The minimum absolute atomic E-state index is 0.390. The Labute approximate surface area is 219 Å². The van der Waals surface area contributed by atoms with Crippen molar-refractivity contribution in [2.75, 3.05) is 0 Å². The average molecular weight is 477 g/mol. The number of hydrogen-bond acceptors (Lipinski definition) is 0. The molecule has 2 aromatic carbocycles. The monoisotopic (exact) mass is 476 g/mol. The van der Waals surface area contributed by atoms with Crippen LogP contribution in [0.1, 0.15) is 80.7 Å². The standard InChI is InChI=1S/C36H44/c1-21-11-13-26(14-12-21)18-30-23(3)15-22(2)16-33(30)29-10-8-9-28-17-27(20-32(28)29)19-31-24(4)34-35(25(31)5)36(34,6)7/h8-10,15-17,21,26,31,34-35H,4-5,11-14,18-20H2,1-3,6-7H3. The van der Waals surface area contributed by atoms with E-state index in [9.17, 15) is 0 Å². The molecule has 0 bridgehead atoms. The quantitative estimate of drug-likeness (QED) is 0.377. The highest BCUT2D eigenvalue weighted by atomic mass is 14.7. The van der Waals surface area contributed by atoms with Crippen LogP contribution in [0.5, 0.6) is 0 Å². The molecule has 0 spiro atoms. The highest BCUT2D eigenvalue weighted by molar-refractivity contribution is 5.80. The molecular weight excluding hydrogens is 432 g/mol. The lowest BCUT2D eigenvalue weighted by Gasteiger charge is -2.28. The summed E-state index contributed by atoms with van der Waals surface area (Å²) in [5, 5.41) is 0. The molecule has 2 atom stereocenters. The largest absolute Gasteiger partial charge is 0.0989 e. The summed E-state index contributed by atoms with van der Waals surface area (Å²) in [5.41, 5.74) is 15.2. The van der Waals surface area contributed by atoms with E-state index >= 15 is 0 Å². The van der Waals surface area contributed by atoms with E-state index in [-0.39, 0.29) is 0 Å². The van der Waals surface area contributed by atoms with Crippen LogP contribution in [0, 0.1) is 48.9 Å². The first kappa shape index (κ1) is 24.0. The predicted octanol–water partition coefficient (Wildman–Crippen LogP) is 9.68. The molecule has 0 N–H and O–H groups in total. The van der Waals surface area contributed by atoms with Crippen LogP contribution in [0.15, 0.2) is 60.2 Å². The van der Waals surface area contributed by atoms with Crippen LogP contribution in [-0.4, -0.2) is 0 Å². The van der Waals surface area contributed by atoms with E-state index in [4.69, 9.17) is 0 Å². The third kappa shape index (κ3) is 3.87. The van der Waals surface area contributed by atoms with Gasteiger partial charge in [0, 0.05) is 5.92 Å². The number of hydrogen-bond donors (Lipinski definition) is 0. The summed E-state index contributed by atoms with van der Waals surface area (Å²) in [6.45, 7) is 20.9. The van der Waals surface area contributed by atoms with Gasteiger partial charge in [-0.25, -0.2) is 0 Å². The van der Waals surface area contributed by atoms with Gasteiger partial charge in [0.1, 0.15) is 0 Å². The Kier molecular flexibility index (Phi) is 5.75. The molecule has 3 saturated carbocycles. The van der Waals surface area contributed by atoms with Gasteiger partial charge in [0.2, 0.25) is 0 Å². The Morgan fingerprint density at radius 1 is 0.889 bits per heavy atom. The van der Waals surface area contributed by atoms with Gasteiger partial charge in [-0.2, -0.15) is 0 Å². The van der Waals surface area contributed by atoms with Gasteiger partial charge in [0.15, 0.2) is 0 Å². The maximum Gasteiger partial charge on any atom is 0.00454 e. The SMILES string of the molecule is C=C1C(CC2=Cc3cccc(-c4cc(C)cc(C)c4CC4CCC(C)CC4)c3C2)C(=C)C2C1C2(C)C. The third-order valence-electron chi connectivity index (χ3n) is 10.5. The van der Waals surface area contributed by atoms with Crippen molar-refractivity contribution in [3.8, 4) is 11.1 Å². The molecule has 0 saturated heterocycles. The highest BCUT2D eigenvalue weighted by Crippen LogP contribution is 2.72. The van der Waals surface area contributed by atoms with Crippen molar-refractivity contribution in [2.45, 2.75) is 79.6 Å². The second-order valence-electron chi connectivity index (χ2n) is 13.5. The number of rotatable bonds is 5. The van der Waals surface area contributed by atoms with E-state index < -0.39 is 0 Å². The molecule has 4 aliphatic carbocycles. The Balaban J connectivity index is 1.27. The molecule has 2 aromatic rings. The van der Waals surface area contributed by atoms with E-state index in [1.165, 1.54) is 76.6 Å². The van der Waals surface area contributed by atoms with Crippen molar-refractivity contribution in [2.24, 2.45) is 35.0 Å². The molecule has 0 heterocycles. The second kappa shape index (κ2) is 8.61. The van der Waals surface area contributed by atoms with E-state index in [1.54, 1.807) is 11.1 Å². The minimum Gasteiger partial charge on any atom is -0.0989 e. The molecule has 0 amide bonds. The van der Waals surface area contributed by atoms with Crippen molar-refractivity contribution in [1.82, 2.24) is 0 Å². The van der Waals surface area contributed by atoms with Crippen molar-refractivity contribution < 1.29 is 0 Å². The van der Waals surface area contributed by atoms with Crippen LogP contribution < -0.4 is 0 Å². The first-order valence-electron chi connectivity index (χ1n) is 14.4. The smallest absolute Gasteiger partial charge is 0.00454 e. The van der Waals surface area contributed by atoms with Crippen molar-refractivity contribution >= 4 is 6.08 Å². The van der Waals surface area contributed by atoms with Gasteiger partial charge >= 0.3 is 0 Å². The normalized spacial score (nSPS) is 30.2. The summed E-state index contributed by atoms with van der Waals surface area (Å²) in [6, 6.07) is 11.9. The lowest BCUT2D eigenvalue weighted by Crippen LogP contribution is -2.15. The molecule has 0 aromatic heterocycles. The summed E-state index contributed by atoms with van der Waals surface area (Å²) in [5.74, 6) is 3.54. The molecule has 188 valence electrons. The summed E-state index contributed by atoms with van der Waals surface area (Å²) < 4.78 is 0. The number of benzene rings is 2. The number of fused-ring (bicyclic) bond motifs is 2. The summed E-state index contributed by atoms with van der Waals surface area (Å²) in [7, 11) is 0. The zero-order valence-electron chi connectivity index (χ0n) is 23.2. The maximum absolute atomic E-state index is 4.56. The Hall–Kier alpha value is -2.34. The fourth-order valence-corrected chi connectivity index (χ4v) is 8.37. The topological polar surface area (TPSA) is 0 Å². The molecule has 6 rings (SSSR count). The second-order valence-corrected chi connectivity index (χ2v) is 13.5. The van der Waals surface area contributed by atoms with Gasteiger partial charge in [-0.05, 0) is 108 Å². The van der Waals surface area contributed by atoms with Crippen molar-refractivity contribution in [3.05, 3.63) is 88.0 Å². The summed E-state index contributed by atoms with van der Waals surface area (Å²) >= 11 is 0.